The molecule has 0 spiro atoms. The SMILES string of the molecule is O=S(=O)([O-])[O-].O=S(=O)([O-])[O-].O=S(=O)([O-])[O-].O=S(=O)([O-])[O-].O=S(=O)([O-])[O-].[Ba+2].[Ba+2].[Ba+2].[Ba+2].[Ba+2]. The molecule has 0 unspecified atom stereocenters. The Morgan fingerprint density at radius 3 is 0.233 bits per heavy atom. The minimum Gasteiger partial charge on any atom is -0.759 e. The molecular formula is Ba5O20S5. The summed E-state index contributed by atoms with van der Waals surface area (Å²) in [5, 5.41) is 0. The van der Waals surface area contributed by atoms with Gasteiger partial charge in [0.05, 0.1) is 0 Å². The van der Waals surface area contributed by atoms with Gasteiger partial charge in [0, 0.05) is 52.0 Å². The first kappa shape index (κ1) is 65.9. The van der Waals surface area contributed by atoms with Gasteiger partial charge in [-0.2, -0.15) is 0 Å². The summed E-state index contributed by atoms with van der Waals surface area (Å²) in [4.78, 5) is 0. The molecule has 0 saturated heterocycles. The maximum absolute atomic E-state index is 8.52. The van der Waals surface area contributed by atoms with Gasteiger partial charge in [0.15, 0.2) is 0 Å². The second kappa shape index (κ2) is 32.4. The van der Waals surface area contributed by atoms with Crippen molar-refractivity contribution in [2.75, 3.05) is 0 Å². The normalized spacial score (nSPS) is 9.67. The van der Waals surface area contributed by atoms with Gasteiger partial charge in [0.2, 0.25) is 0 Å². The first-order valence-corrected chi connectivity index (χ1v) is 10.0. The van der Waals surface area contributed by atoms with E-state index in [1.807, 2.05) is 0 Å². The average molecular weight is 1170 g/mol. The van der Waals surface area contributed by atoms with Crippen molar-refractivity contribution in [2.24, 2.45) is 0 Å². The average Bonchev–Trinajstić information content (AvgIpc) is 1.79. The van der Waals surface area contributed by atoms with Crippen molar-refractivity contribution in [3.8, 4) is 0 Å². The summed E-state index contributed by atoms with van der Waals surface area (Å²) in [7, 11) is -25.8. The molecule has 0 amide bonds. The fourth-order valence-corrected chi connectivity index (χ4v) is 0. The van der Waals surface area contributed by atoms with Crippen LogP contribution in [-0.2, 0) is 52.0 Å². The number of hydrogen-bond acceptors (Lipinski definition) is 20. The van der Waals surface area contributed by atoms with E-state index in [4.69, 9.17) is 87.6 Å². The molecule has 0 aliphatic heterocycles. The molecule has 0 bridgehead atoms. The fraction of sp³-hybridized carbons (Fsp3) is 0. The first-order chi connectivity index (χ1) is 10.0. The van der Waals surface area contributed by atoms with E-state index in [1.54, 1.807) is 0 Å². The molecule has 20 nitrogen and oxygen atoms in total. The fourth-order valence-electron chi connectivity index (χ4n) is 0. The third-order valence-corrected chi connectivity index (χ3v) is 0. The number of rotatable bonds is 0. The Morgan fingerprint density at radius 1 is 0.233 bits per heavy atom. The summed E-state index contributed by atoms with van der Waals surface area (Å²) in [6.45, 7) is 0. The second-order valence-electron chi connectivity index (χ2n) is 2.04. The summed E-state index contributed by atoms with van der Waals surface area (Å²) in [5.74, 6) is 0. The minimum absolute atomic E-state index is 0. The molecule has 0 aliphatic carbocycles. The van der Waals surface area contributed by atoms with Crippen molar-refractivity contribution in [1.29, 1.82) is 0 Å². The second-order valence-corrected chi connectivity index (χ2v) is 6.12. The Hall–Kier alpha value is 7.21. The van der Waals surface area contributed by atoms with E-state index in [0.717, 1.165) is 0 Å². The van der Waals surface area contributed by atoms with E-state index < -0.39 is 52.0 Å². The molecular weight excluding hydrogens is 1170 g/mol. The van der Waals surface area contributed by atoms with E-state index in [2.05, 4.69) is 0 Å². The molecule has 0 saturated carbocycles. The van der Waals surface area contributed by atoms with Gasteiger partial charge < -0.3 is 45.5 Å². The van der Waals surface area contributed by atoms with Crippen molar-refractivity contribution >= 4 is 296 Å². The Morgan fingerprint density at radius 2 is 0.233 bits per heavy atom. The maximum atomic E-state index is 8.52. The largest absolute Gasteiger partial charge is 2.00 e. The summed E-state index contributed by atoms with van der Waals surface area (Å²) >= 11 is 0. The summed E-state index contributed by atoms with van der Waals surface area (Å²) in [5.41, 5.74) is 0. The molecule has 30 heavy (non-hydrogen) atoms. The van der Waals surface area contributed by atoms with Crippen LogP contribution in [0.3, 0.4) is 0 Å². The molecule has 0 N–H and O–H groups in total. The summed E-state index contributed by atoms with van der Waals surface area (Å²) in [6.07, 6.45) is 0. The quantitative estimate of drug-likeness (QED) is 0.123. The van der Waals surface area contributed by atoms with Gasteiger partial charge in [0.25, 0.3) is 0 Å². The van der Waals surface area contributed by atoms with E-state index in [9.17, 15) is 0 Å². The minimum atomic E-state index is -5.17. The van der Waals surface area contributed by atoms with Crippen LogP contribution in [0.5, 0.6) is 0 Å². The van der Waals surface area contributed by atoms with Gasteiger partial charge in [-0.3, -0.25) is 42.1 Å². The van der Waals surface area contributed by atoms with Crippen LogP contribution in [0.15, 0.2) is 0 Å². The Labute approximate surface area is 372 Å². The third kappa shape index (κ3) is 793. The molecule has 0 fully saturated rings. The monoisotopic (exact) mass is 1170 g/mol. The van der Waals surface area contributed by atoms with E-state index in [-0.39, 0.29) is 244 Å². The maximum Gasteiger partial charge on any atom is 2.00 e. The van der Waals surface area contributed by atoms with Gasteiger partial charge >= 0.3 is 244 Å². The molecule has 0 radical (unpaired) electrons. The zero-order valence-corrected chi connectivity index (χ0v) is 40.0. The summed E-state index contributed by atoms with van der Waals surface area (Å²) < 4.78 is 170. The van der Waals surface area contributed by atoms with Crippen LogP contribution in [-0.4, -0.2) is 332 Å². The van der Waals surface area contributed by atoms with E-state index >= 15 is 0 Å². The van der Waals surface area contributed by atoms with Crippen LogP contribution in [0.4, 0.5) is 0 Å². The molecule has 0 aliphatic rings. The summed E-state index contributed by atoms with van der Waals surface area (Å²) in [6, 6.07) is 0. The van der Waals surface area contributed by atoms with Crippen molar-refractivity contribution < 1.29 is 87.6 Å². The third-order valence-electron chi connectivity index (χ3n) is 0. The van der Waals surface area contributed by atoms with Crippen LogP contribution in [0.25, 0.3) is 0 Å². The molecule has 0 rings (SSSR count). The molecule has 0 heterocycles. The van der Waals surface area contributed by atoms with Gasteiger partial charge in [-0.15, -0.1) is 0 Å². The smallest absolute Gasteiger partial charge is 0.759 e. The molecule has 0 aromatic heterocycles. The Kier molecular flexibility index (Phi) is 71.2. The van der Waals surface area contributed by atoms with Crippen LogP contribution < -0.4 is 0 Å². The molecule has 0 aromatic carbocycles. The van der Waals surface area contributed by atoms with Crippen LogP contribution in [0, 0.1) is 0 Å². The predicted molar refractivity (Wildman–Crippen MR) is 81.1 cm³/mol. The van der Waals surface area contributed by atoms with Gasteiger partial charge in [-0.1, -0.05) is 0 Å². The molecule has 0 aromatic rings. The standard InChI is InChI=1S/5Ba.5H2O4S/c;;;;;5*1-5(2,3)4/h;;;;;5*(H2,1,2,3,4)/q5*+2;;;;;/p-10. The van der Waals surface area contributed by atoms with E-state index in [1.165, 1.54) is 0 Å². The van der Waals surface area contributed by atoms with Crippen molar-refractivity contribution in [1.82, 2.24) is 0 Å². The number of hydrogen-bond donors (Lipinski definition) is 0. The zero-order valence-electron chi connectivity index (χ0n) is 13.7. The zero-order chi connectivity index (χ0) is 22.5. The van der Waals surface area contributed by atoms with Gasteiger partial charge in [0.1, 0.15) is 0 Å². The van der Waals surface area contributed by atoms with Gasteiger partial charge in [-0.25, -0.2) is 0 Å². The molecule has 160 valence electrons. The first-order valence-electron chi connectivity index (χ1n) is 3.33. The van der Waals surface area contributed by atoms with Crippen molar-refractivity contribution in [3.63, 3.8) is 0 Å². The predicted octanol–water partition coefficient (Wildman–Crippen LogP) is -8.59. The Bertz CT molecular complexity index is 628. The topological polar surface area (TPSA) is 401 Å². The van der Waals surface area contributed by atoms with Crippen molar-refractivity contribution in [2.45, 2.75) is 0 Å². The Balaban J connectivity index is -0.0000000200. The van der Waals surface area contributed by atoms with Crippen LogP contribution in [0.2, 0.25) is 0 Å². The molecule has 0 atom stereocenters. The van der Waals surface area contributed by atoms with Crippen molar-refractivity contribution in [3.05, 3.63) is 0 Å². The molecule has 30 heteroatoms. The van der Waals surface area contributed by atoms with Crippen LogP contribution >= 0.6 is 0 Å². The van der Waals surface area contributed by atoms with Crippen LogP contribution in [0.1, 0.15) is 0 Å². The van der Waals surface area contributed by atoms with E-state index in [0.29, 0.717) is 0 Å². The van der Waals surface area contributed by atoms with Gasteiger partial charge in [-0.05, 0) is 0 Å².